The zero-order valence-corrected chi connectivity index (χ0v) is 18.4. The molecule has 0 radical (unpaired) electrons. The second-order valence-electron chi connectivity index (χ2n) is 7.35. The molecule has 2 fully saturated rings. The summed E-state index contributed by atoms with van der Waals surface area (Å²) in [4.78, 5) is 35.0. The second kappa shape index (κ2) is 8.23. The van der Waals surface area contributed by atoms with Crippen LogP contribution < -0.4 is 16.2 Å². The molecule has 0 amide bonds. The van der Waals surface area contributed by atoms with Crippen LogP contribution in [0.2, 0.25) is 0 Å². The van der Waals surface area contributed by atoms with Gasteiger partial charge >= 0.3 is 1.43 Å². The summed E-state index contributed by atoms with van der Waals surface area (Å²) in [5, 5.41) is 20.1. The molecule has 15 heteroatoms. The van der Waals surface area contributed by atoms with Gasteiger partial charge in [0, 0.05) is 5.75 Å². The van der Waals surface area contributed by atoms with Gasteiger partial charge < -0.3 is 29.5 Å². The Hall–Kier alpha value is -2.76. The number of nitrogens with one attached hydrogen (secondary N) is 1. The number of H-pyrrole nitrogens is 1. The van der Waals surface area contributed by atoms with Crippen molar-refractivity contribution in [1.82, 2.24) is 19.5 Å². The van der Waals surface area contributed by atoms with Crippen LogP contribution >= 0.6 is 19.6 Å². The van der Waals surface area contributed by atoms with Gasteiger partial charge in [0.25, 0.3) is 13.4 Å². The molecule has 4 N–H and O–H groups in total. The standard InChI is InChI=1S/C18H17N6O7PS/c19-5-8-1-3-9(4-2-8)7-33-18-21-11-14(22-17(20)23-15(11)26)24(18)16-12(25)13-10(30-16)6-29-32(27,28)31-13/h1-4,10,12-13,16,25H,6-7H2,(H,27,28)(H3,20,22,23,26)/t10?,12?,13-,16-/m1/s1. The fourth-order valence-electron chi connectivity index (χ4n) is 3.68. The molecule has 33 heavy (non-hydrogen) atoms. The van der Waals surface area contributed by atoms with E-state index < -0.39 is 37.9 Å². The van der Waals surface area contributed by atoms with Gasteiger partial charge in [-0.15, -0.1) is 0 Å². The number of ether oxygens (including phenoxy) is 1. The number of fused-ring (bicyclic) bond motifs is 2. The van der Waals surface area contributed by atoms with Crippen molar-refractivity contribution in [3.8, 4) is 6.07 Å². The number of nitriles is 1. The molecule has 2 aliphatic heterocycles. The third-order valence-corrected chi connectivity index (χ3v) is 7.19. The molecule has 0 spiro atoms. The first-order chi connectivity index (χ1) is 15.8. The number of benzene rings is 1. The first-order valence-electron chi connectivity index (χ1n) is 9.63. The molecule has 0 bridgehead atoms. The summed E-state index contributed by atoms with van der Waals surface area (Å²) >= 11 is 1.23. The molecule has 2 aliphatic rings. The molecular formula is C18H17N6O7PS. The Labute approximate surface area is 191 Å². The molecule has 4 heterocycles. The quantitative estimate of drug-likeness (QED) is 0.328. The fraction of sp³-hybridized carbons (Fsp3) is 0.333. The van der Waals surface area contributed by atoms with Crippen molar-refractivity contribution in [1.29, 1.82) is 5.26 Å². The number of phosphoric ester groups is 1. The van der Waals surface area contributed by atoms with Crippen molar-refractivity contribution >= 4 is 36.7 Å². The van der Waals surface area contributed by atoms with E-state index in [-0.39, 0.29) is 30.3 Å². The van der Waals surface area contributed by atoms with E-state index in [0.29, 0.717) is 11.3 Å². The third kappa shape index (κ3) is 4.04. The lowest BCUT2D eigenvalue weighted by Crippen LogP contribution is -2.41. The Morgan fingerprint density at radius 3 is 2.91 bits per heavy atom. The highest BCUT2D eigenvalue weighted by Crippen LogP contribution is 2.50. The first-order valence-corrected chi connectivity index (χ1v) is 12.1. The lowest BCUT2D eigenvalue weighted by atomic mass is 10.1. The minimum Gasteiger partial charge on any atom is -0.756 e. The van der Waals surface area contributed by atoms with Gasteiger partial charge in [-0.1, -0.05) is 23.9 Å². The van der Waals surface area contributed by atoms with Crippen molar-refractivity contribution in [2.75, 3.05) is 12.3 Å². The summed E-state index contributed by atoms with van der Waals surface area (Å²) in [7, 11) is -4.57. The van der Waals surface area contributed by atoms with Crippen LogP contribution in [0, 0.1) is 11.3 Å². The Morgan fingerprint density at radius 1 is 1.42 bits per heavy atom. The summed E-state index contributed by atoms with van der Waals surface area (Å²) in [5.74, 6) is 0.249. The zero-order valence-electron chi connectivity index (χ0n) is 17.7. The monoisotopic (exact) mass is 492 g/mol. The van der Waals surface area contributed by atoms with Gasteiger partial charge in [-0.2, -0.15) is 10.2 Å². The van der Waals surface area contributed by atoms with Crippen LogP contribution in [0.5, 0.6) is 0 Å². The number of hydrogen-bond acceptors (Lipinski definition) is 12. The Bertz CT molecular complexity index is 1380. The number of imidazole rings is 1. The smallest absolute Gasteiger partial charge is 0.756 e. The number of nitrogens with two attached hydrogens (primary N) is 1. The maximum absolute atomic E-state index is 12.4. The van der Waals surface area contributed by atoms with Gasteiger partial charge in [0.2, 0.25) is 5.95 Å². The largest absolute Gasteiger partial charge is 1.00 e. The van der Waals surface area contributed by atoms with Gasteiger partial charge in [0.15, 0.2) is 22.5 Å². The number of nitrogens with zero attached hydrogens (tertiary/aromatic N) is 4. The lowest BCUT2D eigenvalue weighted by molar-refractivity contribution is -0.245. The van der Waals surface area contributed by atoms with E-state index >= 15 is 0 Å². The van der Waals surface area contributed by atoms with Crippen molar-refractivity contribution in [2.24, 2.45) is 0 Å². The maximum atomic E-state index is 12.4. The van der Waals surface area contributed by atoms with Crippen LogP contribution in [0.15, 0.2) is 34.2 Å². The third-order valence-electron chi connectivity index (χ3n) is 5.20. The van der Waals surface area contributed by atoms with E-state index in [1.54, 1.807) is 24.3 Å². The average Bonchev–Trinajstić information content (AvgIpc) is 3.29. The molecule has 3 unspecified atom stereocenters. The first kappa shape index (κ1) is 22.1. The minimum absolute atomic E-state index is 0. The van der Waals surface area contributed by atoms with Gasteiger partial charge in [0.1, 0.15) is 18.3 Å². The van der Waals surface area contributed by atoms with Crippen LogP contribution in [0.25, 0.3) is 11.2 Å². The number of aliphatic hydroxyl groups excluding tert-OH is 1. The SMILES string of the molecule is N#Cc1ccc(CSc2nc3c(=O)[nH]c(N)nc3n2[C@@H]2OC3COP(=O)([O-])O[C@H]3C2O)cc1.[H+]. The number of phosphoric acid groups is 1. The van der Waals surface area contributed by atoms with E-state index in [1.807, 2.05) is 6.07 Å². The van der Waals surface area contributed by atoms with E-state index in [9.17, 15) is 19.4 Å². The molecule has 2 saturated heterocycles. The molecule has 172 valence electrons. The molecule has 13 nitrogen and oxygen atoms in total. The molecule has 0 aliphatic carbocycles. The topological polar surface area (TPSA) is 201 Å². The zero-order chi connectivity index (χ0) is 23.3. The fourth-order valence-corrected chi connectivity index (χ4v) is 5.60. The number of hydrogen-bond donors (Lipinski definition) is 3. The van der Waals surface area contributed by atoms with E-state index in [2.05, 4.69) is 19.5 Å². The molecule has 1 aromatic carbocycles. The Balaban J connectivity index is 0.00000274. The highest BCUT2D eigenvalue weighted by atomic mass is 32.2. The predicted molar refractivity (Wildman–Crippen MR) is 113 cm³/mol. The van der Waals surface area contributed by atoms with Gasteiger partial charge in [0.05, 0.1) is 18.2 Å². The normalized spacial score (nSPS) is 29.1. The predicted octanol–water partition coefficient (Wildman–Crippen LogP) is 0.120. The number of anilines is 1. The number of nitrogen functional groups attached to an aromatic ring is 1. The number of rotatable bonds is 4. The van der Waals surface area contributed by atoms with E-state index in [0.717, 1.165) is 5.56 Å². The van der Waals surface area contributed by atoms with Crippen LogP contribution in [0.3, 0.4) is 0 Å². The number of aromatic amines is 1. The number of thioether (sulfide) groups is 1. The van der Waals surface area contributed by atoms with Crippen molar-refractivity contribution in [3.05, 3.63) is 45.7 Å². The summed E-state index contributed by atoms with van der Waals surface area (Å²) in [6.07, 6.45) is -4.64. The molecule has 2 aromatic heterocycles. The van der Waals surface area contributed by atoms with E-state index in [1.165, 1.54) is 16.3 Å². The molecule has 5 atom stereocenters. The summed E-state index contributed by atoms with van der Waals surface area (Å²) in [5.41, 5.74) is 6.57. The molecular weight excluding hydrogens is 475 g/mol. The van der Waals surface area contributed by atoms with Gasteiger partial charge in [-0.3, -0.25) is 18.9 Å². The highest BCUT2D eigenvalue weighted by Gasteiger charge is 2.51. The van der Waals surface area contributed by atoms with Crippen LogP contribution in [-0.2, 0) is 24.1 Å². The molecule has 5 rings (SSSR count). The Kier molecular flexibility index (Phi) is 5.50. The van der Waals surface area contributed by atoms with Crippen molar-refractivity contribution in [3.63, 3.8) is 0 Å². The summed E-state index contributed by atoms with van der Waals surface area (Å²) in [6.45, 7) is -0.324. The number of aliphatic hydroxyl groups is 1. The average molecular weight is 492 g/mol. The van der Waals surface area contributed by atoms with Gasteiger partial charge in [-0.25, -0.2) is 4.98 Å². The number of aromatic nitrogens is 4. The molecule has 3 aromatic rings. The summed E-state index contributed by atoms with van der Waals surface area (Å²) in [6, 6.07) is 8.98. The second-order valence-corrected chi connectivity index (χ2v) is 9.66. The lowest BCUT2D eigenvalue weighted by Gasteiger charge is -2.34. The van der Waals surface area contributed by atoms with E-state index in [4.69, 9.17) is 20.3 Å². The van der Waals surface area contributed by atoms with Crippen molar-refractivity contribution < 1.29 is 29.8 Å². The van der Waals surface area contributed by atoms with Gasteiger partial charge in [-0.05, 0) is 17.7 Å². The van der Waals surface area contributed by atoms with Crippen molar-refractivity contribution in [2.45, 2.75) is 35.4 Å². The Morgan fingerprint density at radius 2 is 2.18 bits per heavy atom. The summed E-state index contributed by atoms with van der Waals surface area (Å²) < 4.78 is 28.5. The minimum atomic E-state index is -4.57. The van der Waals surface area contributed by atoms with Crippen LogP contribution in [-0.4, -0.2) is 49.5 Å². The maximum Gasteiger partial charge on any atom is 1.00 e. The van der Waals surface area contributed by atoms with Crippen LogP contribution in [0.4, 0.5) is 5.95 Å². The molecule has 0 saturated carbocycles. The van der Waals surface area contributed by atoms with Crippen LogP contribution in [0.1, 0.15) is 18.8 Å². The highest BCUT2D eigenvalue weighted by molar-refractivity contribution is 7.98.